The average Bonchev–Trinajstić information content (AvgIpc) is 3.16. The van der Waals surface area contributed by atoms with Crippen LogP contribution in [0, 0.1) is 6.92 Å². The summed E-state index contributed by atoms with van der Waals surface area (Å²) in [5, 5.41) is 20.7. The van der Waals surface area contributed by atoms with E-state index in [1.54, 1.807) is 12.4 Å². The van der Waals surface area contributed by atoms with E-state index in [0.717, 1.165) is 49.8 Å². The Hall–Kier alpha value is -3.76. The molecule has 1 saturated heterocycles. The van der Waals surface area contributed by atoms with Crippen molar-refractivity contribution in [2.75, 3.05) is 31.1 Å². The van der Waals surface area contributed by atoms with Gasteiger partial charge in [0.1, 0.15) is 5.69 Å². The molecule has 1 aliphatic rings. The zero-order valence-electron chi connectivity index (χ0n) is 19.5. The number of hydrogen-bond acceptors (Lipinski definition) is 7. The number of benzene rings is 1. The third-order valence-corrected chi connectivity index (χ3v) is 5.91. The fraction of sp³-hybridized carbons (Fsp3) is 0.292. The van der Waals surface area contributed by atoms with Crippen LogP contribution in [0.5, 0.6) is 0 Å². The minimum atomic E-state index is -1.26. The van der Waals surface area contributed by atoms with Gasteiger partial charge in [-0.3, -0.25) is 14.6 Å². The number of hydrogen-bond donors (Lipinski definition) is 2. The van der Waals surface area contributed by atoms with Crippen LogP contribution in [0.4, 0.5) is 5.82 Å². The summed E-state index contributed by atoms with van der Waals surface area (Å²) in [6.45, 7) is 6.84. The van der Waals surface area contributed by atoms with Crippen LogP contribution in [-0.4, -0.2) is 73.0 Å². The number of carbonyl (C=O) groups is 2. The first-order chi connectivity index (χ1) is 16.8. The quantitative estimate of drug-likeness (QED) is 0.493. The van der Waals surface area contributed by atoms with Crippen molar-refractivity contribution in [1.82, 2.24) is 24.6 Å². The second-order valence-electron chi connectivity index (χ2n) is 7.86. The van der Waals surface area contributed by atoms with E-state index in [-0.39, 0.29) is 0 Å². The fourth-order valence-electron chi connectivity index (χ4n) is 3.61. The summed E-state index contributed by atoms with van der Waals surface area (Å²) in [6, 6.07) is 7.80. The highest BCUT2D eigenvalue weighted by atomic mass is 35.5. The molecule has 3 aromatic rings. The predicted molar refractivity (Wildman–Crippen MR) is 132 cm³/mol. The fourth-order valence-corrected chi connectivity index (χ4v) is 3.83. The van der Waals surface area contributed by atoms with Crippen LogP contribution >= 0.6 is 11.6 Å². The van der Waals surface area contributed by atoms with Gasteiger partial charge in [-0.1, -0.05) is 29.8 Å². The number of anilines is 1. The molecule has 1 fully saturated rings. The average molecular weight is 499 g/mol. The maximum Gasteiger partial charge on any atom is 0.328 e. The van der Waals surface area contributed by atoms with E-state index in [1.165, 1.54) is 11.3 Å². The number of aromatic nitrogens is 4. The van der Waals surface area contributed by atoms with Crippen molar-refractivity contribution in [1.29, 1.82) is 0 Å². The van der Waals surface area contributed by atoms with Crippen LogP contribution in [-0.2, 0) is 23.2 Å². The van der Waals surface area contributed by atoms with Gasteiger partial charge in [0, 0.05) is 81.1 Å². The Balaban J connectivity index is 0.000000371. The normalized spacial score (nSPS) is 14.0. The van der Waals surface area contributed by atoms with Crippen molar-refractivity contribution in [3.05, 3.63) is 71.3 Å². The molecule has 0 bridgehead atoms. The van der Waals surface area contributed by atoms with E-state index in [2.05, 4.69) is 31.8 Å². The molecule has 4 rings (SSSR count). The third kappa shape index (κ3) is 7.11. The summed E-state index contributed by atoms with van der Waals surface area (Å²) < 4.78 is 1.93. The molecule has 0 saturated carbocycles. The number of nitrogens with zero attached hydrogens (tertiary/aromatic N) is 6. The monoisotopic (exact) mass is 498 g/mol. The summed E-state index contributed by atoms with van der Waals surface area (Å²) >= 11 is 6.40. The number of carboxylic acid groups (broad SMARTS) is 2. The first kappa shape index (κ1) is 25.9. The highest BCUT2D eigenvalue weighted by molar-refractivity contribution is 6.33. The maximum absolute atomic E-state index is 9.55. The number of aliphatic carboxylic acids is 2. The lowest BCUT2D eigenvalue weighted by molar-refractivity contribution is -0.134. The lowest BCUT2D eigenvalue weighted by atomic mass is 10.1. The molecule has 3 heterocycles. The van der Waals surface area contributed by atoms with Crippen molar-refractivity contribution in [2.24, 2.45) is 7.05 Å². The molecule has 0 aliphatic carbocycles. The second-order valence-corrected chi connectivity index (χ2v) is 8.27. The number of carboxylic acids is 2. The standard InChI is InChI=1S/C20H23ClN6.C4H4O4/c1-15-16(13-24-25(15)2)14-26-9-11-27(12-10-26)20-19(22-7-8-23-20)17-5-3-4-6-18(17)21;5-3(6)1-2-4(7)8/h3-8,13H,9-12,14H2,1-2H3;1-2H,(H,5,6)(H,7,8)/b;2-1+. The minimum absolute atomic E-state index is 0.558. The number of halogens is 1. The Labute approximate surface area is 208 Å². The molecule has 10 nitrogen and oxygen atoms in total. The predicted octanol–water partition coefficient (Wildman–Crippen LogP) is 2.87. The molecule has 0 unspecified atom stereocenters. The third-order valence-electron chi connectivity index (χ3n) is 5.58. The van der Waals surface area contributed by atoms with Crippen LogP contribution in [0.3, 0.4) is 0 Å². The number of rotatable bonds is 6. The van der Waals surface area contributed by atoms with Gasteiger partial charge in [-0.25, -0.2) is 14.6 Å². The molecule has 0 spiro atoms. The Bertz CT molecular complexity index is 1190. The lowest BCUT2D eigenvalue weighted by Gasteiger charge is -2.35. The highest BCUT2D eigenvalue weighted by Crippen LogP contribution is 2.32. The van der Waals surface area contributed by atoms with Gasteiger partial charge in [-0.15, -0.1) is 0 Å². The SMILES string of the molecule is Cc1c(CN2CCN(c3nccnc3-c3ccccc3Cl)CC2)cnn1C.O=C(O)/C=C/C(=O)O. The maximum atomic E-state index is 9.55. The zero-order chi connectivity index (χ0) is 25.4. The van der Waals surface area contributed by atoms with Crippen molar-refractivity contribution >= 4 is 29.4 Å². The van der Waals surface area contributed by atoms with Gasteiger partial charge in [0.05, 0.1) is 11.2 Å². The van der Waals surface area contributed by atoms with E-state index in [9.17, 15) is 9.59 Å². The summed E-state index contributed by atoms with van der Waals surface area (Å²) in [5.41, 5.74) is 4.30. The summed E-state index contributed by atoms with van der Waals surface area (Å²) in [7, 11) is 1.99. The first-order valence-electron chi connectivity index (χ1n) is 10.9. The molecule has 2 N–H and O–H groups in total. The summed E-state index contributed by atoms with van der Waals surface area (Å²) in [5.74, 6) is -1.61. The Morgan fingerprint density at radius 1 is 1.03 bits per heavy atom. The molecular formula is C24H27ClN6O4. The van der Waals surface area contributed by atoms with Gasteiger partial charge in [0.25, 0.3) is 0 Å². The number of aryl methyl sites for hydroxylation is 1. The van der Waals surface area contributed by atoms with E-state index in [4.69, 9.17) is 21.8 Å². The van der Waals surface area contributed by atoms with E-state index in [1.807, 2.05) is 42.2 Å². The molecule has 184 valence electrons. The van der Waals surface area contributed by atoms with E-state index >= 15 is 0 Å². The van der Waals surface area contributed by atoms with Crippen LogP contribution in [0.2, 0.25) is 5.02 Å². The molecule has 0 atom stereocenters. The van der Waals surface area contributed by atoms with Crippen LogP contribution in [0.15, 0.2) is 55.0 Å². The molecular weight excluding hydrogens is 472 g/mol. The van der Waals surface area contributed by atoms with E-state index < -0.39 is 11.9 Å². The molecule has 1 aliphatic heterocycles. The topological polar surface area (TPSA) is 125 Å². The van der Waals surface area contributed by atoms with Crippen LogP contribution in [0.25, 0.3) is 11.3 Å². The summed E-state index contributed by atoms with van der Waals surface area (Å²) in [6.07, 6.45) is 6.56. The highest BCUT2D eigenvalue weighted by Gasteiger charge is 2.23. The van der Waals surface area contributed by atoms with Crippen molar-refractivity contribution in [3.8, 4) is 11.3 Å². The van der Waals surface area contributed by atoms with Gasteiger partial charge in [-0.2, -0.15) is 5.10 Å². The molecule has 0 radical (unpaired) electrons. The molecule has 35 heavy (non-hydrogen) atoms. The van der Waals surface area contributed by atoms with Crippen molar-refractivity contribution in [2.45, 2.75) is 13.5 Å². The molecule has 2 aromatic heterocycles. The van der Waals surface area contributed by atoms with Crippen molar-refractivity contribution < 1.29 is 19.8 Å². The van der Waals surface area contributed by atoms with E-state index in [0.29, 0.717) is 17.2 Å². The Morgan fingerprint density at radius 2 is 1.66 bits per heavy atom. The Kier molecular flexibility index (Phi) is 8.93. The van der Waals surface area contributed by atoms with Crippen molar-refractivity contribution in [3.63, 3.8) is 0 Å². The largest absolute Gasteiger partial charge is 0.478 e. The molecule has 0 amide bonds. The first-order valence-corrected chi connectivity index (χ1v) is 11.3. The van der Waals surface area contributed by atoms with Gasteiger partial charge in [0.15, 0.2) is 5.82 Å². The Morgan fingerprint density at radius 3 is 2.23 bits per heavy atom. The molecule has 11 heteroatoms. The smallest absolute Gasteiger partial charge is 0.328 e. The van der Waals surface area contributed by atoms with Crippen LogP contribution in [0.1, 0.15) is 11.3 Å². The van der Waals surface area contributed by atoms with Gasteiger partial charge in [0.2, 0.25) is 0 Å². The zero-order valence-corrected chi connectivity index (χ0v) is 20.3. The van der Waals surface area contributed by atoms with Crippen LogP contribution < -0.4 is 4.90 Å². The van der Waals surface area contributed by atoms with Gasteiger partial charge < -0.3 is 15.1 Å². The second kappa shape index (κ2) is 12.1. The lowest BCUT2D eigenvalue weighted by Crippen LogP contribution is -2.46. The number of piperazine rings is 1. The molecule has 1 aromatic carbocycles. The van der Waals surface area contributed by atoms with Gasteiger partial charge in [-0.05, 0) is 13.0 Å². The van der Waals surface area contributed by atoms with Gasteiger partial charge >= 0.3 is 11.9 Å². The summed E-state index contributed by atoms with van der Waals surface area (Å²) in [4.78, 5) is 33.1. The minimum Gasteiger partial charge on any atom is -0.478 e.